The van der Waals surface area contributed by atoms with E-state index in [1.54, 1.807) is 6.07 Å². The molecule has 1 fully saturated rings. The second-order valence-corrected chi connectivity index (χ2v) is 7.17. The van der Waals surface area contributed by atoms with E-state index in [1.165, 1.54) is 42.5 Å². The minimum absolute atomic E-state index is 0.0514. The lowest BCUT2D eigenvalue weighted by Gasteiger charge is -2.15. The molecule has 6 nitrogen and oxygen atoms in total. The summed E-state index contributed by atoms with van der Waals surface area (Å²) in [7, 11) is -3.63. The van der Waals surface area contributed by atoms with E-state index < -0.39 is 27.7 Å². The predicted octanol–water partition coefficient (Wildman–Crippen LogP) is 2.14. The number of nitrogens with one attached hydrogen (secondary N) is 1. The van der Waals surface area contributed by atoms with Crippen molar-refractivity contribution in [3.05, 3.63) is 59.9 Å². The summed E-state index contributed by atoms with van der Waals surface area (Å²) in [6.45, 7) is 0. The first kappa shape index (κ1) is 16.1. The number of benzene rings is 2. The highest BCUT2D eigenvalue weighted by molar-refractivity contribution is 7.94. The Bertz CT molecular complexity index is 910. The van der Waals surface area contributed by atoms with Crippen LogP contribution in [0.1, 0.15) is 16.8 Å². The summed E-state index contributed by atoms with van der Waals surface area (Å²) in [5, 5.41) is 2.54. The van der Waals surface area contributed by atoms with Crippen molar-refractivity contribution in [2.45, 2.75) is 6.42 Å². The number of hydrogen-bond donors (Lipinski definition) is 1. The summed E-state index contributed by atoms with van der Waals surface area (Å²) in [4.78, 5) is 23.8. The summed E-state index contributed by atoms with van der Waals surface area (Å²) >= 11 is 0. The van der Waals surface area contributed by atoms with Gasteiger partial charge in [0.25, 0.3) is 5.91 Å². The Morgan fingerprint density at radius 3 is 2.42 bits per heavy atom. The number of nitrogens with zero attached hydrogens (tertiary/aromatic N) is 1. The van der Waals surface area contributed by atoms with Gasteiger partial charge >= 0.3 is 0 Å². The van der Waals surface area contributed by atoms with Gasteiger partial charge in [-0.2, -0.15) is 0 Å². The number of amides is 2. The van der Waals surface area contributed by atoms with Crippen LogP contribution >= 0.6 is 0 Å². The van der Waals surface area contributed by atoms with Gasteiger partial charge in [0.15, 0.2) is 0 Å². The van der Waals surface area contributed by atoms with E-state index in [9.17, 15) is 22.4 Å². The molecule has 1 heterocycles. The average molecular weight is 348 g/mol. The molecular weight excluding hydrogens is 335 g/mol. The molecule has 1 N–H and O–H groups in total. The van der Waals surface area contributed by atoms with Crippen LogP contribution in [0.5, 0.6) is 0 Å². The van der Waals surface area contributed by atoms with Crippen molar-refractivity contribution in [3.8, 4) is 0 Å². The number of carbonyl (C=O) groups is 2. The fourth-order valence-corrected chi connectivity index (χ4v) is 3.85. The highest BCUT2D eigenvalue weighted by atomic mass is 32.2. The third-order valence-electron chi connectivity index (χ3n) is 3.53. The van der Waals surface area contributed by atoms with Crippen molar-refractivity contribution < 1.29 is 22.4 Å². The number of carbonyl (C=O) groups excluding carboxylic acids is 2. The molecule has 0 spiro atoms. The minimum atomic E-state index is -3.63. The standard InChI is InChI=1S/C16H13FN2O4S/c17-12-2-1-3-13(10-12)18-16(21)11-4-6-14(7-5-11)19-15(20)8-9-24(19,22)23/h1-7,10H,8-9H2,(H,18,21). The van der Waals surface area contributed by atoms with Crippen LogP contribution in [0.25, 0.3) is 0 Å². The molecule has 0 bridgehead atoms. The van der Waals surface area contributed by atoms with Crippen LogP contribution in [0.15, 0.2) is 48.5 Å². The molecule has 1 saturated heterocycles. The molecule has 0 atom stereocenters. The predicted molar refractivity (Wildman–Crippen MR) is 86.7 cm³/mol. The second-order valence-electron chi connectivity index (χ2n) is 5.24. The molecule has 0 saturated carbocycles. The van der Waals surface area contributed by atoms with Gasteiger partial charge in [0.2, 0.25) is 15.9 Å². The van der Waals surface area contributed by atoms with E-state index >= 15 is 0 Å². The number of rotatable bonds is 3. The van der Waals surface area contributed by atoms with Gasteiger partial charge in [-0.15, -0.1) is 0 Å². The Labute approximate surface area is 138 Å². The molecular formula is C16H13FN2O4S. The maximum absolute atomic E-state index is 13.1. The van der Waals surface area contributed by atoms with Crippen LogP contribution in [-0.4, -0.2) is 26.0 Å². The molecule has 0 unspecified atom stereocenters. The average Bonchev–Trinajstić information content (AvgIpc) is 2.81. The lowest BCUT2D eigenvalue weighted by Crippen LogP contribution is -2.29. The van der Waals surface area contributed by atoms with Crippen LogP contribution in [0.2, 0.25) is 0 Å². The van der Waals surface area contributed by atoms with Gasteiger partial charge in [0.05, 0.1) is 11.4 Å². The third-order valence-corrected chi connectivity index (χ3v) is 5.22. The topological polar surface area (TPSA) is 83.6 Å². The Balaban J connectivity index is 1.79. The molecule has 124 valence electrons. The summed E-state index contributed by atoms with van der Waals surface area (Å²) in [5.74, 6) is -1.65. The lowest BCUT2D eigenvalue weighted by molar-refractivity contribution is -0.116. The first-order valence-electron chi connectivity index (χ1n) is 7.10. The maximum atomic E-state index is 13.1. The second kappa shape index (κ2) is 6.04. The van der Waals surface area contributed by atoms with E-state index in [-0.39, 0.29) is 23.4 Å². The Morgan fingerprint density at radius 1 is 1.12 bits per heavy atom. The summed E-state index contributed by atoms with van der Waals surface area (Å²) in [6, 6.07) is 11.1. The number of hydrogen-bond acceptors (Lipinski definition) is 4. The third kappa shape index (κ3) is 3.13. The van der Waals surface area contributed by atoms with Crippen LogP contribution in [-0.2, 0) is 14.8 Å². The van der Waals surface area contributed by atoms with Crippen LogP contribution in [0, 0.1) is 5.82 Å². The molecule has 8 heteroatoms. The molecule has 3 rings (SSSR count). The summed E-state index contributed by atoms with van der Waals surface area (Å²) < 4.78 is 37.6. The van der Waals surface area contributed by atoms with Gasteiger partial charge < -0.3 is 5.32 Å². The molecule has 2 amide bonds. The highest BCUT2D eigenvalue weighted by Crippen LogP contribution is 2.25. The minimum Gasteiger partial charge on any atom is -0.322 e. The molecule has 0 aromatic heterocycles. The van der Waals surface area contributed by atoms with Gasteiger partial charge in [-0.1, -0.05) is 6.07 Å². The Morgan fingerprint density at radius 2 is 1.83 bits per heavy atom. The lowest BCUT2D eigenvalue weighted by atomic mass is 10.2. The van der Waals surface area contributed by atoms with Gasteiger partial charge in [0.1, 0.15) is 5.82 Å². The fourth-order valence-electron chi connectivity index (χ4n) is 2.39. The molecule has 2 aromatic carbocycles. The van der Waals surface area contributed by atoms with Crippen molar-refractivity contribution in [2.24, 2.45) is 0 Å². The summed E-state index contributed by atoms with van der Waals surface area (Å²) in [5.41, 5.74) is 0.758. The monoisotopic (exact) mass is 348 g/mol. The first-order valence-corrected chi connectivity index (χ1v) is 8.70. The zero-order chi connectivity index (χ0) is 17.3. The molecule has 1 aliphatic rings. The first-order chi connectivity index (χ1) is 11.4. The van der Waals surface area contributed by atoms with Crippen LogP contribution in [0.4, 0.5) is 15.8 Å². The number of halogens is 1. The largest absolute Gasteiger partial charge is 0.322 e. The van der Waals surface area contributed by atoms with Crippen molar-refractivity contribution in [1.29, 1.82) is 0 Å². The fraction of sp³-hybridized carbons (Fsp3) is 0.125. The van der Waals surface area contributed by atoms with Gasteiger partial charge in [-0.3, -0.25) is 9.59 Å². The van der Waals surface area contributed by atoms with E-state index in [2.05, 4.69) is 5.32 Å². The highest BCUT2D eigenvalue weighted by Gasteiger charge is 2.36. The Kier molecular flexibility index (Phi) is 4.06. The van der Waals surface area contributed by atoms with E-state index in [0.717, 1.165) is 4.31 Å². The van der Waals surface area contributed by atoms with Gasteiger partial charge in [-0.05, 0) is 42.5 Å². The van der Waals surface area contributed by atoms with Crippen molar-refractivity contribution in [3.63, 3.8) is 0 Å². The number of sulfonamides is 1. The number of anilines is 2. The van der Waals surface area contributed by atoms with Gasteiger partial charge in [0, 0.05) is 17.7 Å². The quantitative estimate of drug-likeness (QED) is 0.921. The van der Waals surface area contributed by atoms with Gasteiger partial charge in [-0.25, -0.2) is 17.1 Å². The normalized spacial score (nSPS) is 16.2. The summed E-state index contributed by atoms with van der Waals surface area (Å²) in [6.07, 6.45) is -0.0514. The van der Waals surface area contributed by atoms with E-state index in [4.69, 9.17) is 0 Å². The molecule has 1 aliphatic heterocycles. The van der Waals surface area contributed by atoms with E-state index in [1.807, 2.05) is 0 Å². The molecule has 0 radical (unpaired) electrons. The Hall–Kier alpha value is -2.74. The van der Waals surface area contributed by atoms with Crippen molar-refractivity contribution in [1.82, 2.24) is 0 Å². The maximum Gasteiger partial charge on any atom is 0.255 e. The molecule has 2 aromatic rings. The zero-order valence-electron chi connectivity index (χ0n) is 12.4. The van der Waals surface area contributed by atoms with E-state index in [0.29, 0.717) is 5.69 Å². The molecule has 24 heavy (non-hydrogen) atoms. The smallest absolute Gasteiger partial charge is 0.255 e. The van der Waals surface area contributed by atoms with Crippen LogP contribution in [0.3, 0.4) is 0 Å². The van der Waals surface area contributed by atoms with Crippen molar-refractivity contribution in [2.75, 3.05) is 15.4 Å². The zero-order valence-corrected chi connectivity index (χ0v) is 13.2. The SMILES string of the molecule is O=C(Nc1cccc(F)c1)c1ccc(N2C(=O)CCS2(=O)=O)cc1. The van der Waals surface area contributed by atoms with Crippen LogP contribution < -0.4 is 9.62 Å². The molecule has 0 aliphatic carbocycles. The van der Waals surface area contributed by atoms with Crippen molar-refractivity contribution >= 4 is 33.2 Å².